The molecule has 5 atom stereocenters. The van der Waals surface area contributed by atoms with E-state index >= 15 is 0 Å². The molecule has 0 aliphatic heterocycles. The van der Waals surface area contributed by atoms with Crippen molar-refractivity contribution < 1.29 is 32.7 Å². The SMILES string of the molecule is C=CC(CCCC(=O)OC)OC(=O)[C@H]1C(=O)C[C@@H](O[Si](C)(C)C(C)(C)C)[C@@H]1/C=C/CC(C=C)(CCCC)O[Si](C)(C)C. The van der Waals surface area contributed by atoms with Crippen LogP contribution in [0.4, 0.5) is 0 Å². The lowest BCUT2D eigenvalue weighted by Gasteiger charge is -2.39. The normalized spacial score (nSPS) is 22.0. The third kappa shape index (κ3) is 11.7. The van der Waals surface area contributed by atoms with Crippen molar-refractivity contribution in [1.29, 1.82) is 0 Å². The Balaban J connectivity index is 3.33. The van der Waals surface area contributed by atoms with Crippen molar-refractivity contribution in [3.8, 4) is 0 Å². The molecule has 1 aliphatic rings. The first-order chi connectivity index (χ1) is 19.3. The highest BCUT2D eigenvalue weighted by atomic mass is 28.4. The van der Waals surface area contributed by atoms with Crippen molar-refractivity contribution in [2.75, 3.05) is 7.11 Å². The lowest BCUT2D eigenvalue weighted by molar-refractivity contribution is -0.155. The van der Waals surface area contributed by atoms with Gasteiger partial charge in [-0.3, -0.25) is 14.4 Å². The number of methoxy groups -OCH3 is 1. The van der Waals surface area contributed by atoms with E-state index in [9.17, 15) is 14.4 Å². The van der Waals surface area contributed by atoms with Crippen LogP contribution in [0.25, 0.3) is 0 Å². The van der Waals surface area contributed by atoms with Gasteiger partial charge in [0.1, 0.15) is 17.8 Å². The molecular weight excluding hydrogens is 565 g/mol. The third-order valence-corrected chi connectivity index (χ3v) is 13.9. The van der Waals surface area contributed by atoms with Gasteiger partial charge in [-0.1, -0.05) is 71.4 Å². The molecule has 240 valence electrons. The van der Waals surface area contributed by atoms with Gasteiger partial charge in [-0.25, -0.2) is 0 Å². The van der Waals surface area contributed by atoms with Crippen molar-refractivity contribution in [2.45, 2.75) is 135 Å². The van der Waals surface area contributed by atoms with Gasteiger partial charge in [-0.05, 0) is 63.5 Å². The summed E-state index contributed by atoms with van der Waals surface area (Å²) in [6, 6.07) is 0. The fraction of sp³-hybridized carbons (Fsp3) is 0.727. The van der Waals surface area contributed by atoms with Gasteiger partial charge in [-0.15, -0.1) is 6.58 Å². The van der Waals surface area contributed by atoms with Gasteiger partial charge >= 0.3 is 11.9 Å². The van der Waals surface area contributed by atoms with Gasteiger partial charge in [-0.2, -0.15) is 0 Å². The first-order valence-corrected chi connectivity index (χ1v) is 21.8. The number of ketones is 1. The second-order valence-corrected chi connectivity index (χ2v) is 23.2. The predicted octanol–water partition coefficient (Wildman–Crippen LogP) is 7.94. The van der Waals surface area contributed by atoms with Crippen LogP contribution in [-0.4, -0.2) is 59.3 Å². The Bertz CT molecular complexity index is 960. The van der Waals surface area contributed by atoms with E-state index in [1.165, 1.54) is 7.11 Å². The molecular formula is C33H58O7Si2. The molecule has 42 heavy (non-hydrogen) atoms. The van der Waals surface area contributed by atoms with Gasteiger partial charge in [0.2, 0.25) is 0 Å². The second kappa shape index (κ2) is 16.3. The molecule has 9 heteroatoms. The Kier molecular flexibility index (Phi) is 14.8. The molecule has 0 aromatic rings. The summed E-state index contributed by atoms with van der Waals surface area (Å²) < 4.78 is 23.9. The van der Waals surface area contributed by atoms with Gasteiger partial charge in [0.15, 0.2) is 16.6 Å². The van der Waals surface area contributed by atoms with E-state index in [0.717, 1.165) is 19.3 Å². The fourth-order valence-corrected chi connectivity index (χ4v) is 7.86. The van der Waals surface area contributed by atoms with Crippen LogP contribution in [0.2, 0.25) is 37.8 Å². The van der Waals surface area contributed by atoms with Gasteiger partial charge < -0.3 is 18.3 Å². The zero-order valence-electron chi connectivity index (χ0n) is 28.0. The van der Waals surface area contributed by atoms with Crippen LogP contribution in [0.3, 0.4) is 0 Å². The number of ether oxygens (including phenoxy) is 2. The molecule has 0 amide bonds. The van der Waals surface area contributed by atoms with Crippen LogP contribution < -0.4 is 0 Å². The molecule has 0 aromatic carbocycles. The zero-order chi connectivity index (χ0) is 32.4. The molecule has 1 saturated carbocycles. The topological polar surface area (TPSA) is 88.1 Å². The number of hydrogen-bond acceptors (Lipinski definition) is 7. The largest absolute Gasteiger partial charge is 0.469 e. The van der Waals surface area contributed by atoms with Crippen LogP contribution in [0.15, 0.2) is 37.5 Å². The number of esters is 2. The molecule has 0 aromatic heterocycles. The monoisotopic (exact) mass is 622 g/mol. The maximum absolute atomic E-state index is 13.5. The summed E-state index contributed by atoms with van der Waals surface area (Å²) >= 11 is 0. The van der Waals surface area contributed by atoms with Crippen molar-refractivity contribution in [1.82, 2.24) is 0 Å². The molecule has 2 unspecified atom stereocenters. The van der Waals surface area contributed by atoms with E-state index in [0.29, 0.717) is 19.3 Å². The smallest absolute Gasteiger partial charge is 0.317 e. The molecule has 7 nitrogen and oxygen atoms in total. The van der Waals surface area contributed by atoms with Gasteiger partial charge in [0, 0.05) is 18.8 Å². The molecule has 1 fully saturated rings. The zero-order valence-corrected chi connectivity index (χ0v) is 30.0. The highest BCUT2D eigenvalue weighted by Gasteiger charge is 2.50. The van der Waals surface area contributed by atoms with Gasteiger partial charge in [0.25, 0.3) is 0 Å². The van der Waals surface area contributed by atoms with Crippen molar-refractivity contribution >= 4 is 34.4 Å². The predicted molar refractivity (Wildman–Crippen MR) is 175 cm³/mol. The molecule has 1 rings (SSSR count). The minimum Gasteiger partial charge on any atom is -0.469 e. The van der Waals surface area contributed by atoms with Crippen LogP contribution in [0.1, 0.15) is 79.1 Å². The second-order valence-electron chi connectivity index (χ2n) is 14.0. The number of hydrogen-bond donors (Lipinski definition) is 0. The van der Waals surface area contributed by atoms with Crippen molar-refractivity contribution in [2.24, 2.45) is 11.8 Å². The molecule has 0 heterocycles. The minimum atomic E-state index is -2.24. The maximum atomic E-state index is 13.5. The van der Waals surface area contributed by atoms with E-state index < -0.39 is 52.2 Å². The Morgan fingerprint density at radius 2 is 1.74 bits per heavy atom. The van der Waals surface area contributed by atoms with Crippen LogP contribution in [0.5, 0.6) is 0 Å². The van der Waals surface area contributed by atoms with Crippen LogP contribution >= 0.6 is 0 Å². The number of carbonyl (C=O) groups excluding carboxylic acids is 3. The summed E-state index contributed by atoms with van der Waals surface area (Å²) in [7, 11) is -2.79. The summed E-state index contributed by atoms with van der Waals surface area (Å²) in [6.45, 7) is 27.4. The first-order valence-electron chi connectivity index (χ1n) is 15.5. The Morgan fingerprint density at radius 3 is 2.24 bits per heavy atom. The first kappa shape index (κ1) is 38.2. The highest BCUT2D eigenvalue weighted by molar-refractivity contribution is 6.74. The van der Waals surface area contributed by atoms with E-state index in [1.54, 1.807) is 6.08 Å². The van der Waals surface area contributed by atoms with Crippen LogP contribution in [-0.2, 0) is 32.7 Å². The number of Topliss-reactive ketones (excluding diaryl/α,β-unsaturated/α-hetero) is 1. The van der Waals surface area contributed by atoms with E-state index in [2.05, 4.69) is 73.6 Å². The Morgan fingerprint density at radius 1 is 1.10 bits per heavy atom. The molecule has 0 saturated heterocycles. The summed E-state index contributed by atoms with van der Waals surface area (Å²) in [6.07, 6.45) is 11.3. The molecule has 0 N–H and O–H groups in total. The summed E-state index contributed by atoms with van der Waals surface area (Å²) in [5.41, 5.74) is -0.501. The lowest BCUT2D eigenvalue weighted by atomic mass is 9.90. The third-order valence-electron chi connectivity index (χ3n) is 8.35. The minimum absolute atomic E-state index is 0.0557. The van der Waals surface area contributed by atoms with E-state index in [-0.39, 0.29) is 29.6 Å². The average Bonchev–Trinajstić information content (AvgIpc) is 3.18. The Hall–Kier alpha value is -1.82. The van der Waals surface area contributed by atoms with E-state index in [4.69, 9.17) is 18.3 Å². The Labute approximate surface area is 257 Å². The summed E-state index contributed by atoms with van der Waals surface area (Å²) in [5.74, 6) is -2.49. The quantitative estimate of drug-likeness (QED) is 0.0664. The van der Waals surface area contributed by atoms with Gasteiger partial charge in [0.05, 0.1) is 18.8 Å². The highest BCUT2D eigenvalue weighted by Crippen LogP contribution is 2.43. The lowest BCUT2D eigenvalue weighted by Crippen LogP contribution is -2.45. The average molecular weight is 623 g/mol. The van der Waals surface area contributed by atoms with Crippen molar-refractivity contribution in [3.63, 3.8) is 0 Å². The standard InChI is InChI=1S/C33H58O7Si2/c1-13-16-22-33(15-3,40-41(8,9)10)23-18-20-26-28(39-42(11,12)32(4,5)6)24-27(34)30(26)31(36)38-25(14-2)19-17-21-29(35)37-7/h14-15,18,20,25-26,28,30H,2-3,13,16-17,19,21-24H2,1,4-12H3/b20-18+/t25?,26-,28+,30+,33?/m0/s1. The molecule has 0 radical (unpaired) electrons. The summed E-state index contributed by atoms with van der Waals surface area (Å²) in [4.78, 5) is 38.5. The number of rotatable bonds is 18. The maximum Gasteiger partial charge on any atom is 0.317 e. The van der Waals surface area contributed by atoms with Crippen LogP contribution in [0, 0.1) is 11.8 Å². The molecule has 1 aliphatic carbocycles. The molecule has 0 spiro atoms. The number of unbranched alkanes of at least 4 members (excludes halogenated alkanes) is 1. The number of carbonyl (C=O) groups is 3. The van der Waals surface area contributed by atoms with Crippen molar-refractivity contribution in [3.05, 3.63) is 37.5 Å². The van der Waals surface area contributed by atoms with E-state index in [1.807, 2.05) is 18.2 Å². The molecule has 0 bridgehead atoms. The summed E-state index contributed by atoms with van der Waals surface area (Å²) in [5, 5.41) is -0.0557. The fourth-order valence-electron chi connectivity index (χ4n) is 5.02.